The largest absolute Gasteiger partial charge is 1.00 e. The van der Waals surface area contributed by atoms with Gasteiger partial charge in [0, 0.05) is 20.9 Å². The van der Waals surface area contributed by atoms with E-state index in [1.54, 1.807) is 12.2 Å². The van der Waals surface area contributed by atoms with Gasteiger partial charge in [0.2, 0.25) is 0 Å². The average Bonchev–Trinajstić information content (AvgIpc) is 3.21. The van der Waals surface area contributed by atoms with Gasteiger partial charge in [-0.2, -0.15) is 0 Å². The van der Waals surface area contributed by atoms with Gasteiger partial charge in [0.1, 0.15) is 23.0 Å². The van der Waals surface area contributed by atoms with E-state index >= 15 is 0 Å². The maximum atomic E-state index is 13.7. The minimum atomic E-state index is -4.95. The van der Waals surface area contributed by atoms with Crippen LogP contribution in [0.25, 0.3) is 23.7 Å². The molecule has 208 valence electrons. The number of benzene rings is 4. The van der Waals surface area contributed by atoms with Crippen molar-refractivity contribution in [1.82, 2.24) is 0 Å². The van der Waals surface area contributed by atoms with Crippen LogP contribution in [0.4, 0.5) is 0 Å². The fraction of sp³-hybridized carbons (Fsp3) is 0.125. The second-order valence-corrected chi connectivity index (χ2v) is 12.4. The molecular formula is C32H26NaO6PS2. The van der Waals surface area contributed by atoms with Crippen molar-refractivity contribution in [2.24, 2.45) is 0 Å². The van der Waals surface area contributed by atoms with Gasteiger partial charge in [-0.25, -0.2) is 4.57 Å². The summed E-state index contributed by atoms with van der Waals surface area (Å²) in [6.07, 6.45) is 3.46. The average molecular weight is 625 g/mol. The molecule has 0 radical (unpaired) electrons. The molecule has 0 saturated heterocycles. The second kappa shape index (κ2) is 13.4. The van der Waals surface area contributed by atoms with E-state index in [0.29, 0.717) is 35.8 Å². The van der Waals surface area contributed by atoms with Gasteiger partial charge >= 0.3 is 37.4 Å². The molecule has 0 N–H and O–H groups in total. The quantitative estimate of drug-likeness (QED) is 0.185. The monoisotopic (exact) mass is 624 g/mol. The zero-order valence-corrected chi connectivity index (χ0v) is 27.9. The first-order valence-corrected chi connectivity index (χ1v) is 16.2. The van der Waals surface area contributed by atoms with E-state index in [9.17, 15) is 9.46 Å². The molecule has 0 aromatic heterocycles. The van der Waals surface area contributed by atoms with Crippen molar-refractivity contribution >= 4 is 55.0 Å². The van der Waals surface area contributed by atoms with E-state index in [1.807, 2.05) is 98.8 Å². The van der Waals surface area contributed by atoms with Crippen LogP contribution in [0.15, 0.2) is 105 Å². The Labute approximate surface area is 276 Å². The van der Waals surface area contributed by atoms with Gasteiger partial charge in [-0.3, -0.25) is 0 Å². The molecule has 4 aromatic rings. The minimum Gasteiger partial charge on any atom is -0.736 e. The van der Waals surface area contributed by atoms with E-state index < -0.39 is 7.82 Å². The van der Waals surface area contributed by atoms with Crippen LogP contribution in [0.3, 0.4) is 0 Å². The van der Waals surface area contributed by atoms with Gasteiger partial charge in [-0.1, -0.05) is 72.1 Å². The Balaban J connectivity index is 0.00000353. The molecule has 6 rings (SSSR count). The Morgan fingerprint density at radius 2 is 1.07 bits per heavy atom. The molecule has 0 fully saturated rings. The van der Waals surface area contributed by atoms with Crippen LogP contribution in [0.2, 0.25) is 0 Å². The summed E-state index contributed by atoms with van der Waals surface area (Å²) < 4.78 is 37.0. The fourth-order valence-corrected chi connectivity index (χ4v) is 7.68. The predicted octanol–water partition coefficient (Wildman–Crippen LogP) is 5.62. The predicted molar refractivity (Wildman–Crippen MR) is 162 cm³/mol. The van der Waals surface area contributed by atoms with Gasteiger partial charge in [-0.15, -0.1) is 0 Å². The van der Waals surface area contributed by atoms with Crippen molar-refractivity contribution in [2.45, 2.75) is 33.4 Å². The van der Waals surface area contributed by atoms with Crippen molar-refractivity contribution in [1.29, 1.82) is 0 Å². The molecule has 0 aliphatic carbocycles. The number of hydrogen-bond acceptors (Lipinski definition) is 8. The molecule has 2 heterocycles. The summed E-state index contributed by atoms with van der Waals surface area (Å²) in [6.45, 7) is 4.76. The van der Waals surface area contributed by atoms with Gasteiger partial charge in [-0.05, 0) is 73.5 Å². The van der Waals surface area contributed by atoms with Crippen LogP contribution >= 0.6 is 31.3 Å². The number of fused-ring (bicyclic) bond motifs is 4. The van der Waals surface area contributed by atoms with Crippen molar-refractivity contribution in [2.75, 3.05) is 13.2 Å². The molecular weight excluding hydrogens is 598 g/mol. The summed E-state index contributed by atoms with van der Waals surface area (Å²) in [6, 6.07) is 26.5. The van der Waals surface area contributed by atoms with Gasteiger partial charge < -0.3 is 23.4 Å². The zero-order valence-electron chi connectivity index (χ0n) is 23.4. The Hall–Kier alpha value is -2.55. The van der Waals surface area contributed by atoms with E-state index in [0.717, 1.165) is 30.7 Å². The number of rotatable bonds is 8. The van der Waals surface area contributed by atoms with Gasteiger partial charge in [0.05, 0.1) is 23.0 Å². The summed E-state index contributed by atoms with van der Waals surface area (Å²) in [4.78, 5) is 17.1. The molecule has 0 spiro atoms. The minimum absolute atomic E-state index is 0. The number of phosphoric acid groups is 1. The Kier molecular flexibility index (Phi) is 9.85. The van der Waals surface area contributed by atoms with Crippen LogP contribution in [0, 0.1) is 0 Å². The topological polar surface area (TPSA) is 77.1 Å². The summed E-state index contributed by atoms with van der Waals surface area (Å²) in [5.41, 5.74) is 2.87. The summed E-state index contributed by atoms with van der Waals surface area (Å²) in [5, 5.41) is 0. The molecule has 6 nitrogen and oxygen atoms in total. The van der Waals surface area contributed by atoms with E-state index in [-0.39, 0.29) is 41.1 Å². The van der Waals surface area contributed by atoms with Crippen molar-refractivity contribution < 1.29 is 57.5 Å². The third kappa shape index (κ3) is 6.51. The third-order valence-corrected chi connectivity index (χ3v) is 9.62. The maximum Gasteiger partial charge on any atom is 1.00 e. The Morgan fingerprint density at radius 1 is 0.643 bits per heavy atom. The summed E-state index contributed by atoms with van der Waals surface area (Å²) >= 11 is 3.02. The standard InChI is InChI=1S/C32H27O6PS2.Na/c1-3-35-25-15-9-13-23-27(19-21-11-5-7-17-29(21)40-31(23)25)37-39(33,34)38-28-20-22-12-6-8-18-30(22)41-32-24(28)14-10-16-26(32)36-4-2;/h5-20H,3-4H2,1-2H3,(H,33,34);/q;+1/p-1. The van der Waals surface area contributed by atoms with E-state index in [2.05, 4.69) is 0 Å². The number of ether oxygens (including phenoxy) is 2. The van der Waals surface area contributed by atoms with Crippen LogP contribution in [-0.2, 0) is 13.6 Å². The van der Waals surface area contributed by atoms with Crippen molar-refractivity contribution in [3.05, 3.63) is 107 Å². The molecule has 2 aliphatic heterocycles. The summed E-state index contributed by atoms with van der Waals surface area (Å²) in [7, 11) is -4.95. The molecule has 42 heavy (non-hydrogen) atoms. The third-order valence-electron chi connectivity index (χ3n) is 6.34. The van der Waals surface area contributed by atoms with Gasteiger partial charge in [0.15, 0.2) is 0 Å². The second-order valence-electron chi connectivity index (χ2n) is 9.06. The molecule has 0 unspecified atom stereocenters. The van der Waals surface area contributed by atoms with Crippen molar-refractivity contribution in [3.8, 4) is 11.5 Å². The first-order chi connectivity index (χ1) is 20.0. The first-order valence-electron chi connectivity index (χ1n) is 13.2. The molecule has 0 saturated carbocycles. The van der Waals surface area contributed by atoms with Crippen LogP contribution < -0.4 is 43.9 Å². The SMILES string of the molecule is CCOc1cccc2c1Sc1ccccc1C=C2OP(=O)([O-])OC1=Cc2ccccc2Sc2c(OCC)cccc21.[Na+]. The van der Waals surface area contributed by atoms with Gasteiger partial charge in [0.25, 0.3) is 0 Å². The normalized spacial score (nSPS) is 13.3. The van der Waals surface area contributed by atoms with Crippen molar-refractivity contribution in [3.63, 3.8) is 0 Å². The molecule has 10 heteroatoms. The first kappa shape index (κ1) is 30.9. The fourth-order valence-electron chi connectivity index (χ4n) is 4.62. The molecule has 0 amide bonds. The van der Waals surface area contributed by atoms with E-state index in [1.165, 1.54) is 23.5 Å². The molecule has 2 aliphatic rings. The summed E-state index contributed by atoms with van der Waals surface area (Å²) in [5.74, 6) is 1.62. The Bertz CT molecular complexity index is 1620. The van der Waals surface area contributed by atoms with Crippen LogP contribution in [0.1, 0.15) is 36.1 Å². The molecule has 0 atom stereocenters. The number of hydrogen-bond donors (Lipinski definition) is 0. The Morgan fingerprint density at radius 3 is 1.50 bits per heavy atom. The zero-order chi connectivity index (χ0) is 28.4. The maximum absolute atomic E-state index is 13.7. The number of phosphoric ester groups is 1. The van der Waals surface area contributed by atoms with E-state index in [4.69, 9.17) is 18.5 Å². The smallest absolute Gasteiger partial charge is 0.736 e. The molecule has 0 bridgehead atoms. The van der Waals surface area contributed by atoms with Crippen LogP contribution in [0.5, 0.6) is 11.5 Å². The van der Waals surface area contributed by atoms with Crippen LogP contribution in [-0.4, -0.2) is 13.2 Å². The molecule has 4 aromatic carbocycles.